The first-order valence-electron chi connectivity index (χ1n) is 4.55. The van der Waals surface area contributed by atoms with Crippen LogP contribution in [0.15, 0.2) is 42.6 Å². The van der Waals surface area contributed by atoms with Crippen LogP contribution in [-0.4, -0.2) is 9.78 Å². The van der Waals surface area contributed by atoms with Gasteiger partial charge in [0.2, 0.25) is 0 Å². The van der Waals surface area contributed by atoms with Crippen LogP contribution in [0, 0.1) is 0 Å². The molecule has 1 aliphatic heterocycles. The molecule has 0 fully saturated rings. The second-order valence-electron chi connectivity index (χ2n) is 3.24. The van der Waals surface area contributed by atoms with Crippen molar-refractivity contribution in [3.05, 3.63) is 48.2 Å². The molecule has 0 saturated carbocycles. The monoisotopic (exact) mass is 186 g/mol. The van der Waals surface area contributed by atoms with Gasteiger partial charge in [-0.05, 0) is 5.56 Å². The van der Waals surface area contributed by atoms with Crippen LogP contribution in [0.3, 0.4) is 0 Å². The van der Waals surface area contributed by atoms with E-state index in [1.54, 1.807) is 6.20 Å². The normalized spacial score (nSPS) is 19.0. The van der Waals surface area contributed by atoms with Gasteiger partial charge in [-0.25, -0.2) is 10.1 Å². The Kier molecular flexibility index (Phi) is 1.54. The van der Waals surface area contributed by atoms with Crippen molar-refractivity contribution in [3.8, 4) is 0 Å². The molecule has 2 N–H and O–H groups in total. The van der Waals surface area contributed by atoms with Crippen LogP contribution in [0.1, 0.15) is 11.7 Å². The highest BCUT2D eigenvalue weighted by Crippen LogP contribution is 2.23. The molecule has 1 aliphatic rings. The van der Waals surface area contributed by atoms with E-state index in [4.69, 9.17) is 0 Å². The molecule has 70 valence electrons. The van der Waals surface area contributed by atoms with Crippen molar-refractivity contribution in [1.82, 2.24) is 15.2 Å². The van der Waals surface area contributed by atoms with E-state index < -0.39 is 0 Å². The number of nitrogens with one attached hydrogen (secondary N) is 2. The molecule has 1 aromatic heterocycles. The van der Waals surface area contributed by atoms with E-state index in [1.165, 1.54) is 5.56 Å². The number of hydrogen-bond acceptors (Lipinski definition) is 3. The fraction of sp³-hybridized carbons (Fsp3) is 0.100. The Morgan fingerprint density at radius 3 is 2.86 bits per heavy atom. The van der Waals surface area contributed by atoms with E-state index in [2.05, 4.69) is 28.1 Å². The van der Waals surface area contributed by atoms with Crippen molar-refractivity contribution in [2.75, 3.05) is 5.43 Å². The van der Waals surface area contributed by atoms with Gasteiger partial charge in [-0.3, -0.25) is 0 Å². The van der Waals surface area contributed by atoms with Crippen molar-refractivity contribution >= 4 is 5.82 Å². The molecule has 4 heteroatoms. The summed E-state index contributed by atoms with van der Waals surface area (Å²) in [5.74, 6) is 0.999. The third kappa shape index (κ3) is 1.01. The number of nitrogens with zero attached hydrogens (tertiary/aromatic N) is 2. The third-order valence-electron chi connectivity index (χ3n) is 2.37. The standard InChI is InChI=1S/C10H10N4/c1-2-4-8(5-3-1)10-13-12-9-6-7-11-14(9)10/h1-7,10,12-13H. The predicted molar refractivity (Wildman–Crippen MR) is 53.6 cm³/mol. The number of benzene rings is 1. The molecule has 2 heterocycles. The van der Waals surface area contributed by atoms with Crippen molar-refractivity contribution in [1.29, 1.82) is 0 Å². The Morgan fingerprint density at radius 1 is 1.14 bits per heavy atom. The van der Waals surface area contributed by atoms with Crippen LogP contribution in [0.2, 0.25) is 0 Å². The summed E-state index contributed by atoms with van der Waals surface area (Å²) < 4.78 is 1.93. The van der Waals surface area contributed by atoms with Gasteiger partial charge in [0.1, 0.15) is 12.0 Å². The Hall–Kier alpha value is -1.81. The largest absolute Gasteiger partial charge is 0.304 e. The van der Waals surface area contributed by atoms with Gasteiger partial charge in [0, 0.05) is 6.07 Å². The van der Waals surface area contributed by atoms with Crippen LogP contribution >= 0.6 is 0 Å². The average Bonchev–Trinajstić information content (AvgIpc) is 2.79. The predicted octanol–water partition coefficient (Wildman–Crippen LogP) is 1.36. The molecular formula is C10H10N4. The van der Waals surface area contributed by atoms with E-state index in [0.717, 1.165) is 5.82 Å². The summed E-state index contributed by atoms with van der Waals surface area (Å²) in [6, 6.07) is 12.2. The summed E-state index contributed by atoms with van der Waals surface area (Å²) in [6.07, 6.45) is 1.89. The molecule has 14 heavy (non-hydrogen) atoms. The Morgan fingerprint density at radius 2 is 2.00 bits per heavy atom. The smallest absolute Gasteiger partial charge is 0.146 e. The number of hydrogen-bond donors (Lipinski definition) is 2. The zero-order valence-electron chi connectivity index (χ0n) is 7.51. The Labute approximate surface area is 81.5 Å². The van der Waals surface area contributed by atoms with Gasteiger partial charge in [-0.2, -0.15) is 5.10 Å². The molecule has 0 amide bonds. The number of aromatic nitrogens is 2. The minimum atomic E-state index is 0.0983. The van der Waals surface area contributed by atoms with Gasteiger partial charge < -0.3 is 5.43 Å². The molecule has 0 bridgehead atoms. The Bertz CT molecular complexity index is 434. The average molecular weight is 186 g/mol. The van der Waals surface area contributed by atoms with E-state index in [1.807, 2.05) is 28.9 Å². The molecule has 4 nitrogen and oxygen atoms in total. The minimum absolute atomic E-state index is 0.0983. The summed E-state index contributed by atoms with van der Waals surface area (Å²) in [5.41, 5.74) is 7.44. The van der Waals surface area contributed by atoms with Crippen LogP contribution in [0.25, 0.3) is 0 Å². The SMILES string of the molecule is c1ccc(C2NNc3ccnn32)cc1. The number of fused-ring (bicyclic) bond motifs is 1. The van der Waals surface area contributed by atoms with Gasteiger partial charge in [0.25, 0.3) is 0 Å². The molecule has 0 spiro atoms. The molecule has 0 radical (unpaired) electrons. The van der Waals surface area contributed by atoms with E-state index >= 15 is 0 Å². The zero-order valence-corrected chi connectivity index (χ0v) is 7.51. The quantitative estimate of drug-likeness (QED) is 0.706. The number of anilines is 1. The van der Waals surface area contributed by atoms with Crippen LogP contribution in [0.5, 0.6) is 0 Å². The first-order valence-corrected chi connectivity index (χ1v) is 4.55. The van der Waals surface area contributed by atoms with Gasteiger partial charge in [-0.15, -0.1) is 0 Å². The molecular weight excluding hydrogens is 176 g/mol. The van der Waals surface area contributed by atoms with E-state index in [9.17, 15) is 0 Å². The van der Waals surface area contributed by atoms with Crippen molar-refractivity contribution in [2.24, 2.45) is 0 Å². The molecule has 2 aromatic rings. The lowest BCUT2D eigenvalue weighted by Gasteiger charge is -2.10. The summed E-state index contributed by atoms with van der Waals surface area (Å²) in [7, 11) is 0. The lowest BCUT2D eigenvalue weighted by Crippen LogP contribution is -2.23. The maximum atomic E-state index is 4.25. The molecule has 1 aromatic carbocycles. The summed E-state index contributed by atoms with van der Waals surface area (Å²) in [4.78, 5) is 0. The lowest BCUT2D eigenvalue weighted by molar-refractivity contribution is 0.517. The van der Waals surface area contributed by atoms with Crippen molar-refractivity contribution in [2.45, 2.75) is 6.17 Å². The highest BCUT2D eigenvalue weighted by Gasteiger charge is 2.22. The van der Waals surface area contributed by atoms with Crippen LogP contribution in [-0.2, 0) is 0 Å². The highest BCUT2D eigenvalue weighted by atomic mass is 15.6. The molecule has 1 unspecified atom stereocenters. The fourth-order valence-electron chi connectivity index (χ4n) is 1.68. The van der Waals surface area contributed by atoms with Gasteiger partial charge in [-0.1, -0.05) is 30.3 Å². The van der Waals surface area contributed by atoms with Gasteiger partial charge >= 0.3 is 0 Å². The number of hydrazine groups is 1. The van der Waals surface area contributed by atoms with Gasteiger partial charge in [0.05, 0.1) is 6.20 Å². The molecule has 0 aliphatic carbocycles. The summed E-state index contributed by atoms with van der Waals surface area (Å²) in [5, 5.41) is 4.25. The summed E-state index contributed by atoms with van der Waals surface area (Å²) in [6.45, 7) is 0. The number of rotatable bonds is 1. The highest BCUT2D eigenvalue weighted by molar-refractivity contribution is 5.39. The Balaban J connectivity index is 2.03. The maximum absolute atomic E-state index is 4.25. The van der Waals surface area contributed by atoms with Crippen LogP contribution < -0.4 is 10.9 Å². The van der Waals surface area contributed by atoms with Crippen molar-refractivity contribution in [3.63, 3.8) is 0 Å². The maximum Gasteiger partial charge on any atom is 0.146 e. The molecule has 0 saturated heterocycles. The fourth-order valence-corrected chi connectivity index (χ4v) is 1.68. The van der Waals surface area contributed by atoms with E-state index in [-0.39, 0.29) is 6.17 Å². The van der Waals surface area contributed by atoms with Crippen molar-refractivity contribution < 1.29 is 0 Å². The molecule has 1 atom stereocenters. The third-order valence-corrected chi connectivity index (χ3v) is 2.37. The zero-order chi connectivity index (χ0) is 9.38. The van der Waals surface area contributed by atoms with E-state index in [0.29, 0.717) is 0 Å². The van der Waals surface area contributed by atoms with Gasteiger partial charge in [0.15, 0.2) is 0 Å². The topological polar surface area (TPSA) is 41.9 Å². The second kappa shape index (κ2) is 2.85. The lowest BCUT2D eigenvalue weighted by atomic mass is 10.2. The first kappa shape index (κ1) is 7.58. The second-order valence-corrected chi connectivity index (χ2v) is 3.24. The van der Waals surface area contributed by atoms with Crippen LogP contribution in [0.4, 0.5) is 5.82 Å². The summed E-state index contributed by atoms with van der Waals surface area (Å²) >= 11 is 0. The minimum Gasteiger partial charge on any atom is -0.304 e. The first-order chi connectivity index (χ1) is 6.95. The molecule has 3 rings (SSSR count).